The summed E-state index contributed by atoms with van der Waals surface area (Å²) in [5.41, 5.74) is 1.02. The van der Waals surface area contributed by atoms with Gasteiger partial charge in [0.2, 0.25) is 0 Å². The Kier molecular flexibility index (Phi) is 6.33. The van der Waals surface area contributed by atoms with Crippen LogP contribution in [0.5, 0.6) is 11.5 Å². The molecule has 2 aromatic carbocycles. The summed E-state index contributed by atoms with van der Waals surface area (Å²) in [6, 6.07) is 10.1. The predicted octanol–water partition coefficient (Wildman–Crippen LogP) is 4.36. The molecule has 0 radical (unpaired) electrons. The molecule has 0 heterocycles. The number of para-hydroxylation sites is 1. The lowest BCUT2D eigenvalue weighted by atomic mass is 9.86. The van der Waals surface area contributed by atoms with Gasteiger partial charge in [0.15, 0.2) is 6.61 Å². The topological polar surface area (TPSA) is 84.9 Å². The van der Waals surface area contributed by atoms with Crippen LogP contribution in [0.1, 0.15) is 36.7 Å². The summed E-state index contributed by atoms with van der Waals surface area (Å²) in [5, 5.41) is 11.9. The molecule has 0 spiro atoms. The van der Waals surface area contributed by atoms with E-state index in [-0.39, 0.29) is 34.0 Å². The lowest BCUT2D eigenvalue weighted by Crippen LogP contribution is -2.22. The van der Waals surface area contributed by atoms with Crippen LogP contribution in [0.25, 0.3) is 0 Å². The van der Waals surface area contributed by atoms with E-state index in [2.05, 4.69) is 26.1 Å². The number of benzene rings is 2. The molecule has 0 unspecified atom stereocenters. The van der Waals surface area contributed by atoms with Crippen molar-refractivity contribution in [1.29, 1.82) is 0 Å². The summed E-state index contributed by atoms with van der Waals surface area (Å²) in [4.78, 5) is 23.5. The second-order valence-corrected chi connectivity index (χ2v) is 7.33. The maximum atomic E-state index is 12.3. The number of carbonyl (C=O) groups excluding carboxylic acids is 1. The highest BCUT2D eigenvalue weighted by atomic mass is 35.5. The van der Waals surface area contributed by atoms with Gasteiger partial charge >= 0.3 is 5.97 Å². The molecule has 0 aliphatic carbocycles. The molecule has 0 saturated carbocycles. The van der Waals surface area contributed by atoms with Crippen molar-refractivity contribution in [2.24, 2.45) is 0 Å². The number of methoxy groups -OCH3 is 1. The molecule has 1 amide bonds. The fourth-order valence-corrected chi connectivity index (χ4v) is 2.74. The van der Waals surface area contributed by atoms with Crippen molar-refractivity contribution in [3.05, 3.63) is 52.5 Å². The molecule has 0 aliphatic heterocycles. The summed E-state index contributed by atoms with van der Waals surface area (Å²) in [6.07, 6.45) is 0. The number of carbonyl (C=O) groups is 2. The molecule has 0 fully saturated rings. The summed E-state index contributed by atoms with van der Waals surface area (Å²) in [5.74, 6) is -0.870. The Labute approximate surface area is 163 Å². The highest BCUT2D eigenvalue weighted by Gasteiger charge is 2.20. The Hall–Kier alpha value is -2.73. The average molecular weight is 392 g/mol. The third kappa shape index (κ3) is 5.14. The molecular formula is C20H22ClNO5. The van der Waals surface area contributed by atoms with E-state index in [1.54, 1.807) is 0 Å². The second kappa shape index (κ2) is 8.31. The Bertz CT molecular complexity index is 858. The number of rotatable bonds is 6. The molecule has 0 aromatic heterocycles. The van der Waals surface area contributed by atoms with Crippen LogP contribution in [0.15, 0.2) is 36.4 Å². The van der Waals surface area contributed by atoms with Crippen molar-refractivity contribution in [1.82, 2.24) is 0 Å². The van der Waals surface area contributed by atoms with E-state index in [4.69, 9.17) is 26.2 Å². The van der Waals surface area contributed by atoms with Crippen LogP contribution in [0.3, 0.4) is 0 Å². The van der Waals surface area contributed by atoms with Crippen LogP contribution in [0.2, 0.25) is 5.02 Å². The standard InChI is InChI=1S/C20H22ClNO5/c1-20(2,3)13-7-5-6-8-16(13)27-11-18(23)22-15-10-17(26-4)12(19(24)25)9-14(15)21/h5-10H,11H2,1-4H3,(H,22,23)(H,24,25). The van der Waals surface area contributed by atoms with Crippen LogP contribution in [-0.4, -0.2) is 30.7 Å². The molecule has 0 aliphatic rings. The SMILES string of the molecule is COc1cc(NC(=O)COc2ccccc2C(C)(C)C)c(Cl)cc1C(=O)O. The number of carboxylic acids is 1. The summed E-state index contributed by atoms with van der Waals surface area (Å²) < 4.78 is 10.7. The maximum absolute atomic E-state index is 12.3. The number of nitrogens with one attached hydrogen (secondary N) is 1. The normalized spacial score (nSPS) is 11.0. The van der Waals surface area contributed by atoms with Gasteiger partial charge < -0.3 is 19.9 Å². The van der Waals surface area contributed by atoms with Gasteiger partial charge in [-0.15, -0.1) is 0 Å². The van der Waals surface area contributed by atoms with Gasteiger partial charge in [-0.1, -0.05) is 50.6 Å². The zero-order valence-corrected chi connectivity index (χ0v) is 16.4. The summed E-state index contributed by atoms with van der Waals surface area (Å²) in [6.45, 7) is 5.97. The number of amides is 1. The third-order valence-electron chi connectivity index (χ3n) is 3.85. The molecule has 7 heteroatoms. The highest BCUT2D eigenvalue weighted by Crippen LogP contribution is 2.32. The number of aromatic carboxylic acids is 1. The first kappa shape index (κ1) is 20.6. The van der Waals surface area contributed by atoms with Crippen LogP contribution < -0.4 is 14.8 Å². The molecule has 6 nitrogen and oxygen atoms in total. The zero-order valence-electron chi connectivity index (χ0n) is 15.6. The second-order valence-electron chi connectivity index (χ2n) is 6.92. The van der Waals surface area contributed by atoms with Gasteiger partial charge in [0.25, 0.3) is 5.91 Å². The quantitative estimate of drug-likeness (QED) is 0.764. The van der Waals surface area contributed by atoms with Crippen molar-refractivity contribution in [3.8, 4) is 11.5 Å². The minimum absolute atomic E-state index is 0.0872. The van der Waals surface area contributed by atoms with Gasteiger partial charge in [0.1, 0.15) is 17.1 Å². The first-order valence-electron chi connectivity index (χ1n) is 8.26. The smallest absolute Gasteiger partial charge is 0.339 e. The average Bonchev–Trinajstić information content (AvgIpc) is 2.60. The molecule has 0 saturated heterocycles. The molecule has 144 valence electrons. The van der Waals surface area contributed by atoms with Gasteiger partial charge in [-0.05, 0) is 23.1 Å². The molecule has 2 rings (SSSR count). The number of hydrogen-bond acceptors (Lipinski definition) is 4. The first-order chi connectivity index (χ1) is 12.6. The van der Waals surface area contributed by atoms with Crippen LogP contribution in [0.4, 0.5) is 5.69 Å². The number of carboxylic acid groups (broad SMARTS) is 1. The van der Waals surface area contributed by atoms with Gasteiger partial charge in [-0.3, -0.25) is 4.79 Å². The van der Waals surface area contributed by atoms with Crippen molar-refractivity contribution >= 4 is 29.2 Å². The van der Waals surface area contributed by atoms with E-state index in [1.807, 2.05) is 24.3 Å². The molecule has 0 atom stereocenters. The van der Waals surface area contributed by atoms with Crippen molar-refractivity contribution in [3.63, 3.8) is 0 Å². The number of anilines is 1. The molecular weight excluding hydrogens is 370 g/mol. The monoisotopic (exact) mass is 391 g/mol. The van der Waals surface area contributed by atoms with Gasteiger partial charge in [0.05, 0.1) is 17.8 Å². The lowest BCUT2D eigenvalue weighted by Gasteiger charge is -2.22. The third-order valence-corrected chi connectivity index (χ3v) is 4.16. The fourth-order valence-electron chi connectivity index (χ4n) is 2.53. The maximum Gasteiger partial charge on any atom is 0.339 e. The summed E-state index contributed by atoms with van der Waals surface area (Å²) in [7, 11) is 1.34. The van der Waals surface area contributed by atoms with Crippen molar-refractivity contribution in [2.45, 2.75) is 26.2 Å². The highest BCUT2D eigenvalue weighted by molar-refractivity contribution is 6.34. The minimum atomic E-state index is -1.17. The van der Waals surface area contributed by atoms with Crippen LogP contribution in [-0.2, 0) is 10.2 Å². The Morgan fingerprint density at radius 3 is 2.41 bits per heavy atom. The Morgan fingerprint density at radius 1 is 1.15 bits per heavy atom. The largest absolute Gasteiger partial charge is 0.496 e. The minimum Gasteiger partial charge on any atom is -0.496 e. The first-order valence-corrected chi connectivity index (χ1v) is 8.64. The van der Waals surface area contributed by atoms with Crippen LogP contribution >= 0.6 is 11.6 Å². The van der Waals surface area contributed by atoms with Gasteiger partial charge in [-0.2, -0.15) is 0 Å². The number of ether oxygens (including phenoxy) is 2. The lowest BCUT2D eigenvalue weighted by molar-refractivity contribution is -0.118. The number of halogens is 1. The van der Waals surface area contributed by atoms with E-state index >= 15 is 0 Å². The zero-order chi connectivity index (χ0) is 20.2. The van der Waals surface area contributed by atoms with Gasteiger partial charge in [-0.25, -0.2) is 4.79 Å². The van der Waals surface area contributed by atoms with Crippen molar-refractivity contribution in [2.75, 3.05) is 19.0 Å². The van der Waals surface area contributed by atoms with E-state index in [1.165, 1.54) is 19.2 Å². The number of hydrogen-bond donors (Lipinski definition) is 2. The van der Waals surface area contributed by atoms with Crippen LogP contribution in [0, 0.1) is 0 Å². The molecule has 0 bridgehead atoms. The Morgan fingerprint density at radius 2 is 1.81 bits per heavy atom. The summed E-state index contributed by atoms with van der Waals surface area (Å²) >= 11 is 6.07. The van der Waals surface area contributed by atoms with Crippen molar-refractivity contribution < 1.29 is 24.2 Å². The van der Waals surface area contributed by atoms with E-state index in [9.17, 15) is 9.59 Å². The molecule has 27 heavy (non-hydrogen) atoms. The molecule has 2 N–H and O–H groups in total. The Balaban J connectivity index is 2.13. The fraction of sp³-hybridized carbons (Fsp3) is 0.300. The molecule has 2 aromatic rings. The van der Waals surface area contributed by atoms with E-state index in [0.717, 1.165) is 5.56 Å². The predicted molar refractivity (Wildman–Crippen MR) is 104 cm³/mol. The van der Waals surface area contributed by atoms with E-state index < -0.39 is 11.9 Å². The van der Waals surface area contributed by atoms with E-state index in [0.29, 0.717) is 5.75 Å². The van der Waals surface area contributed by atoms with Gasteiger partial charge in [0, 0.05) is 6.07 Å².